The van der Waals surface area contributed by atoms with Crippen molar-refractivity contribution in [3.05, 3.63) is 83.0 Å². The fourth-order valence-corrected chi connectivity index (χ4v) is 3.28. The number of rotatable bonds is 5. The number of benzene rings is 2. The monoisotopic (exact) mass is 435 g/mol. The Balaban J connectivity index is 1.54. The van der Waals surface area contributed by atoms with Crippen molar-refractivity contribution in [2.24, 2.45) is 0 Å². The van der Waals surface area contributed by atoms with Crippen molar-refractivity contribution in [2.45, 2.75) is 20.8 Å². The third kappa shape index (κ3) is 4.15. The van der Waals surface area contributed by atoms with Gasteiger partial charge >= 0.3 is 0 Å². The second-order valence-electron chi connectivity index (χ2n) is 7.10. The zero-order valence-corrected chi connectivity index (χ0v) is 17.5. The number of carbonyl (C=O) groups excluding carboxylic acids is 1. The van der Waals surface area contributed by atoms with Crippen LogP contribution in [0.15, 0.2) is 48.5 Å². The van der Waals surface area contributed by atoms with E-state index in [0.29, 0.717) is 22.9 Å². The van der Waals surface area contributed by atoms with Gasteiger partial charge in [-0.25, -0.2) is 13.5 Å². The van der Waals surface area contributed by atoms with Gasteiger partial charge in [-0.3, -0.25) is 4.79 Å². The molecule has 10 heteroatoms. The van der Waals surface area contributed by atoms with Crippen LogP contribution in [0.2, 0.25) is 0 Å². The van der Waals surface area contributed by atoms with Crippen LogP contribution in [0.5, 0.6) is 0 Å². The summed E-state index contributed by atoms with van der Waals surface area (Å²) in [5.74, 6) is -0.833. The molecule has 1 amide bonds. The van der Waals surface area contributed by atoms with E-state index in [-0.39, 0.29) is 11.5 Å². The van der Waals surface area contributed by atoms with Crippen LogP contribution in [0.25, 0.3) is 17.5 Å². The van der Waals surface area contributed by atoms with Gasteiger partial charge in [-0.15, -0.1) is 5.10 Å². The van der Waals surface area contributed by atoms with Crippen LogP contribution >= 0.6 is 0 Å². The summed E-state index contributed by atoms with van der Waals surface area (Å²) >= 11 is 0. The van der Waals surface area contributed by atoms with E-state index >= 15 is 0 Å². The molecule has 0 saturated carbocycles. The van der Waals surface area contributed by atoms with Crippen LogP contribution in [0.1, 0.15) is 22.8 Å². The lowest BCUT2D eigenvalue weighted by Crippen LogP contribution is -2.09. The highest BCUT2D eigenvalue weighted by Gasteiger charge is 2.13. The first-order valence-corrected chi connectivity index (χ1v) is 9.69. The van der Waals surface area contributed by atoms with Crippen molar-refractivity contribution < 1.29 is 13.6 Å². The topological polar surface area (TPSA) is 90.5 Å². The lowest BCUT2D eigenvalue weighted by atomic mass is 10.1. The first-order chi connectivity index (χ1) is 15.3. The summed E-state index contributed by atoms with van der Waals surface area (Å²) in [6.07, 6.45) is 3.03. The highest BCUT2D eigenvalue weighted by atomic mass is 19.1. The van der Waals surface area contributed by atoms with Gasteiger partial charge in [-0.2, -0.15) is 9.78 Å². The van der Waals surface area contributed by atoms with Gasteiger partial charge in [0, 0.05) is 23.0 Å². The van der Waals surface area contributed by atoms with Crippen molar-refractivity contribution in [3.8, 4) is 11.4 Å². The Hall–Kier alpha value is -4.21. The Morgan fingerprint density at radius 1 is 1.03 bits per heavy atom. The molecule has 162 valence electrons. The molecule has 32 heavy (non-hydrogen) atoms. The quantitative estimate of drug-likeness (QED) is 0.483. The summed E-state index contributed by atoms with van der Waals surface area (Å²) in [6.45, 7) is 5.33. The van der Waals surface area contributed by atoms with Crippen LogP contribution in [-0.2, 0) is 4.79 Å². The molecule has 2 aromatic carbocycles. The predicted molar refractivity (Wildman–Crippen MR) is 115 cm³/mol. The molecule has 1 N–H and O–H groups in total. The van der Waals surface area contributed by atoms with Crippen molar-refractivity contribution >= 4 is 17.7 Å². The minimum atomic E-state index is -0.520. The third-order valence-electron chi connectivity index (χ3n) is 4.89. The number of carbonyl (C=O) groups is 1. The SMILES string of the molecule is Cc1nn(-c2ccc(F)cc2)c(C)c1/C=C/C(=O)Nc1ccc(F)c(-n2nnnc2C)c1. The number of hydrogen-bond acceptors (Lipinski definition) is 5. The highest BCUT2D eigenvalue weighted by Crippen LogP contribution is 2.21. The van der Waals surface area contributed by atoms with E-state index in [2.05, 4.69) is 25.9 Å². The molecule has 0 aliphatic rings. The number of tetrazole rings is 1. The Bertz CT molecular complexity index is 1320. The zero-order valence-electron chi connectivity index (χ0n) is 17.5. The van der Waals surface area contributed by atoms with Gasteiger partial charge in [0.15, 0.2) is 5.82 Å². The van der Waals surface area contributed by atoms with Crippen molar-refractivity contribution in [2.75, 3.05) is 5.32 Å². The Morgan fingerprint density at radius 2 is 1.78 bits per heavy atom. The molecule has 0 bridgehead atoms. The maximum absolute atomic E-state index is 14.2. The summed E-state index contributed by atoms with van der Waals surface area (Å²) in [7, 11) is 0. The minimum Gasteiger partial charge on any atom is -0.322 e. The fraction of sp³-hybridized carbons (Fsp3) is 0.136. The second-order valence-corrected chi connectivity index (χ2v) is 7.10. The lowest BCUT2D eigenvalue weighted by Gasteiger charge is -2.07. The smallest absolute Gasteiger partial charge is 0.248 e. The molecule has 2 heterocycles. The van der Waals surface area contributed by atoms with Crippen LogP contribution in [0.4, 0.5) is 14.5 Å². The Labute approximate surface area is 182 Å². The van der Waals surface area contributed by atoms with E-state index in [1.807, 2.05) is 13.8 Å². The normalized spacial score (nSPS) is 11.3. The Morgan fingerprint density at radius 3 is 2.47 bits per heavy atom. The second kappa shape index (κ2) is 8.50. The molecule has 0 atom stereocenters. The number of anilines is 1. The number of amides is 1. The average Bonchev–Trinajstić information content (AvgIpc) is 3.31. The van der Waals surface area contributed by atoms with Crippen LogP contribution in [0, 0.1) is 32.4 Å². The van der Waals surface area contributed by atoms with E-state index in [1.54, 1.807) is 29.8 Å². The highest BCUT2D eigenvalue weighted by molar-refractivity contribution is 6.02. The molecule has 0 aliphatic carbocycles. The number of hydrogen-bond donors (Lipinski definition) is 1. The van der Waals surface area contributed by atoms with E-state index < -0.39 is 11.7 Å². The van der Waals surface area contributed by atoms with E-state index in [4.69, 9.17) is 0 Å². The van der Waals surface area contributed by atoms with Gasteiger partial charge in [-0.05, 0) is 79.7 Å². The molecule has 2 aromatic heterocycles. The molecule has 0 spiro atoms. The van der Waals surface area contributed by atoms with Crippen LogP contribution in [-0.4, -0.2) is 35.9 Å². The van der Waals surface area contributed by atoms with Crippen LogP contribution in [0.3, 0.4) is 0 Å². The molecular formula is C22H19F2N7O. The summed E-state index contributed by atoms with van der Waals surface area (Å²) in [4.78, 5) is 12.5. The Kier molecular flexibility index (Phi) is 5.59. The van der Waals surface area contributed by atoms with E-state index in [9.17, 15) is 13.6 Å². The van der Waals surface area contributed by atoms with Gasteiger partial charge in [0.1, 0.15) is 17.3 Å². The first-order valence-electron chi connectivity index (χ1n) is 9.69. The molecule has 0 unspecified atom stereocenters. The van der Waals surface area contributed by atoms with Crippen molar-refractivity contribution in [1.29, 1.82) is 0 Å². The first kappa shape index (κ1) is 21.0. The fourth-order valence-electron chi connectivity index (χ4n) is 3.28. The van der Waals surface area contributed by atoms with Gasteiger partial charge in [0.05, 0.1) is 11.4 Å². The predicted octanol–water partition coefficient (Wildman–Crippen LogP) is 3.70. The lowest BCUT2D eigenvalue weighted by molar-refractivity contribution is -0.111. The third-order valence-corrected chi connectivity index (χ3v) is 4.89. The van der Waals surface area contributed by atoms with Gasteiger partial charge < -0.3 is 5.32 Å². The molecule has 0 saturated heterocycles. The van der Waals surface area contributed by atoms with E-state index in [0.717, 1.165) is 11.3 Å². The number of nitrogens with one attached hydrogen (secondary N) is 1. The molecule has 8 nitrogen and oxygen atoms in total. The largest absolute Gasteiger partial charge is 0.322 e. The summed E-state index contributed by atoms with van der Waals surface area (Å²) in [5, 5.41) is 18.2. The molecule has 4 rings (SSSR count). The minimum absolute atomic E-state index is 0.126. The van der Waals surface area contributed by atoms with Crippen LogP contribution < -0.4 is 5.32 Å². The van der Waals surface area contributed by atoms with Gasteiger partial charge in [0.2, 0.25) is 5.91 Å². The number of aryl methyl sites for hydroxylation is 2. The molecule has 0 fully saturated rings. The van der Waals surface area contributed by atoms with Crippen molar-refractivity contribution in [3.63, 3.8) is 0 Å². The molecule has 4 aromatic rings. The van der Waals surface area contributed by atoms with Crippen molar-refractivity contribution in [1.82, 2.24) is 30.0 Å². The summed E-state index contributed by atoms with van der Waals surface area (Å²) in [5.41, 5.74) is 3.52. The summed E-state index contributed by atoms with van der Waals surface area (Å²) < 4.78 is 30.3. The molecule has 0 radical (unpaired) electrons. The summed E-state index contributed by atoms with van der Waals surface area (Å²) in [6, 6.07) is 10.1. The van der Waals surface area contributed by atoms with Gasteiger partial charge in [0.25, 0.3) is 0 Å². The molecule has 0 aliphatic heterocycles. The number of aromatic nitrogens is 6. The zero-order chi connectivity index (χ0) is 22.8. The maximum Gasteiger partial charge on any atom is 0.248 e. The van der Waals surface area contributed by atoms with E-state index in [1.165, 1.54) is 41.1 Å². The van der Waals surface area contributed by atoms with Gasteiger partial charge in [-0.1, -0.05) is 0 Å². The average molecular weight is 435 g/mol. The molecular weight excluding hydrogens is 416 g/mol. The number of nitrogens with zero attached hydrogens (tertiary/aromatic N) is 6. The number of halogens is 2. The maximum atomic E-state index is 14.2. The standard InChI is InChI=1S/C22H19F2N7O/c1-13-19(14(2)30(27-13)18-7-4-16(23)5-8-18)9-11-22(32)25-17-6-10-20(24)21(12-17)31-15(3)26-28-29-31/h4-12H,1-3H3,(H,25,32)/b11-9+.